The van der Waals surface area contributed by atoms with Crippen molar-refractivity contribution in [3.05, 3.63) is 0 Å². The second-order valence-electron chi connectivity index (χ2n) is 6.49. The molecule has 1 saturated heterocycles. The number of sulfonamides is 1. The molecule has 0 aliphatic carbocycles. The van der Waals surface area contributed by atoms with E-state index in [4.69, 9.17) is 0 Å². The number of β-amino-alcohol motifs (C(OH)–C–C–N with tert-alkyl or cyclic N) is 1. The van der Waals surface area contributed by atoms with Crippen molar-refractivity contribution in [1.82, 2.24) is 9.21 Å². The Labute approximate surface area is 117 Å². The van der Waals surface area contributed by atoms with Gasteiger partial charge < -0.3 is 5.11 Å². The zero-order chi connectivity index (χ0) is 14.7. The van der Waals surface area contributed by atoms with Crippen LogP contribution in [-0.4, -0.2) is 66.8 Å². The molecule has 1 aliphatic heterocycles. The summed E-state index contributed by atoms with van der Waals surface area (Å²) in [6.45, 7) is 10.7. The average molecular weight is 292 g/mol. The van der Waals surface area contributed by atoms with Crippen molar-refractivity contribution in [1.29, 1.82) is 0 Å². The molecule has 1 aliphatic rings. The van der Waals surface area contributed by atoms with Gasteiger partial charge in [0.25, 0.3) is 0 Å². The highest BCUT2D eigenvalue weighted by molar-refractivity contribution is 7.89. The summed E-state index contributed by atoms with van der Waals surface area (Å²) in [7, 11) is -3.10. The average Bonchev–Trinajstić information content (AvgIpc) is 2.25. The molecule has 0 atom stereocenters. The van der Waals surface area contributed by atoms with Gasteiger partial charge in [0.1, 0.15) is 0 Å². The largest absolute Gasteiger partial charge is 0.389 e. The lowest BCUT2D eigenvalue weighted by atomic mass is 10.1. The predicted octanol–water partition coefficient (Wildman–Crippen LogP) is 0.751. The van der Waals surface area contributed by atoms with Crippen molar-refractivity contribution in [3.8, 4) is 0 Å². The van der Waals surface area contributed by atoms with E-state index in [-0.39, 0.29) is 5.75 Å². The quantitative estimate of drug-likeness (QED) is 0.785. The van der Waals surface area contributed by atoms with Gasteiger partial charge in [-0.3, -0.25) is 4.90 Å². The fourth-order valence-electron chi connectivity index (χ4n) is 2.23. The molecule has 5 nitrogen and oxygen atoms in total. The first-order valence-electron chi connectivity index (χ1n) is 7.03. The molecule has 1 rings (SSSR count). The van der Waals surface area contributed by atoms with Gasteiger partial charge in [-0.1, -0.05) is 13.8 Å². The van der Waals surface area contributed by atoms with E-state index in [0.717, 1.165) is 0 Å². The highest BCUT2D eigenvalue weighted by Gasteiger charge is 2.28. The van der Waals surface area contributed by atoms with Crippen LogP contribution in [0, 0.1) is 5.92 Å². The summed E-state index contributed by atoms with van der Waals surface area (Å²) >= 11 is 0. The summed E-state index contributed by atoms with van der Waals surface area (Å²) < 4.78 is 25.9. The van der Waals surface area contributed by atoms with Gasteiger partial charge in [-0.15, -0.1) is 0 Å². The number of hydrogen-bond donors (Lipinski definition) is 1. The molecule has 0 aromatic rings. The third-order valence-corrected chi connectivity index (χ3v) is 5.19. The summed E-state index contributed by atoms with van der Waals surface area (Å²) in [4.78, 5) is 2.12. The number of aliphatic hydroxyl groups is 1. The fraction of sp³-hybridized carbons (Fsp3) is 1.00. The van der Waals surface area contributed by atoms with Crippen LogP contribution in [0.25, 0.3) is 0 Å². The molecule has 0 radical (unpaired) electrons. The number of nitrogens with zero attached hydrogens (tertiary/aromatic N) is 2. The number of hydrogen-bond acceptors (Lipinski definition) is 4. The number of rotatable bonds is 6. The van der Waals surface area contributed by atoms with Crippen molar-refractivity contribution in [3.63, 3.8) is 0 Å². The molecule has 1 N–H and O–H groups in total. The summed E-state index contributed by atoms with van der Waals surface area (Å²) in [5.74, 6) is 0.655. The molecule has 19 heavy (non-hydrogen) atoms. The van der Waals surface area contributed by atoms with Crippen molar-refractivity contribution >= 4 is 10.0 Å². The lowest BCUT2D eigenvalue weighted by molar-refractivity contribution is 0.0263. The Morgan fingerprint density at radius 1 is 1.16 bits per heavy atom. The molecule has 0 aromatic heterocycles. The van der Waals surface area contributed by atoms with Crippen LogP contribution < -0.4 is 0 Å². The zero-order valence-corrected chi connectivity index (χ0v) is 13.4. The van der Waals surface area contributed by atoms with Crippen molar-refractivity contribution in [2.45, 2.75) is 39.7 Å². The molecule has 6 heteroatoms. The lowest BCUT2D eigenvalue weighted by Gasteiger charge is -2.36. The van der Waals surface area contributed by atoms with Gasteiger partial charge >= 0.3 is 0 Å². The van der Waals surface area contributed by atoms with Gasteiger partial charge in [0.05, 0.1) is 11.4 Å². The Bertz CT molecular complexity index is 366. The highest BCUT2D eigenvalue weighted by atomic mass is 32.2. The normalized spacial score (nSPS) is 20.1. The molecule has 0 amide bonds. The minimum absolute atomic E-state index is 0.246. The molecular formula is C13H28N2O3S. The smallest absolute Gasteiger partial charge is 0.214 e. The van der Waals surface area contributed by atoms with E-state index in [2.05, 4.69) is 4.90 Å². The maximum Gasteiger partial charge on any atom is 0.214 e. The van der Waals surface area contributed by atoms with E-state index >= 15 is 0 Å². The third kappa shape index (κ3) is 6.21. The summed E-state index contributed by atoms with van der Waals surface area (Å²) in [6, 6.07) is 0. The molecule has 114 valence electrons. The number of piperazine rings is 1. The van der Waals surface area contributed by atoms with E-state index in [1.165, 1.54) is 0 Å². The second-order valence-corrected chi connectivity index (χ2v) is 8.57. The van der Waals surface area contributed by atoms with Crippen LogP contribution in [0.2, 0.25) is 0 Å². The topological polar surface area (TPSA) is 60.9 Å². The van der Waals surface area contributed by atoms with Crippen LogP contribution in [0.1, 0.15) is 34.1 Å². The maximum atomic E-state index is 12.1. The fourth-order valence-corrected chi connectivity index (χ4v) is 3.97. The summed E-state index contributed by atoms with van der Waals surface area (Å²) in [6.07, 6.45) is 0.715. The van der Waals surface area contributed by atoms with Crippen LogP contribution >= 0.6 is 0 Å². The molecule has 1 fully saturated rings. The first-order valence-corrected chi connectivity index (χ1v) is 8.63. The predicted molar refractivity (Wildman–Crippen MR) is 77.6 cm³/mol. The highest BCUT2D eigenvalue weighted by Crippen LogP contribution is 2.13. The Morgan fingerprint density at radius 3 is 2.11 bits per heavy atom. The van der Waals surface area contributed by atoms with E-state index in [1.807, 2.05) is 13.8 Å². The minimum Gasteiger partial charge on any atom is -0.389 e. The third-order valence-electron chi connectivity index (χ3n) is 3.29. The van der Waals surface area contributed by atoms with Gasteiger partial charge in [0.2, 0.25) is 10.0 Å². The van der Waals surface area contributed by atoms with Crippen molar-refractivity contribution in [2.75, 3.05) is 38.5 Å². The van der Waals surface area contributed by atoms with Gasteiger partial charge in [0, 0.05) is 32.7 Å². The Balaban J connectivity index is 2.45. The Kier molecular flexibility index (Phi) is 5.79. The summed E-state index contributed by atoms with van der Waals surface area (Å²) in [5.41, 5.74) is -0.724. The van der Waals surface area contributed by atoms with Gasteiger partial charge in [0.15, 0.2) is 0 Å². The van der Waals surface area contributed by atoms with Crippen molar-refractivity contribution in [2.24, 2.45) is 5.92 Å². The first kappa shape index (κ1) is 16.9. The molecule has 0 aromatic carbocycles. The second kappa shape index (κ2) is 6.52. The molecule has 0 spiro atoms. The van der Waals surface area contributed by atoms with Gasteiger partial charge in [-0.05, 0) is 26.2 Å². The van der Waals surface area contributed by atoms with Crippen LogP contribution in [0.15, 0.2) is 0 Å². The van der Waals surface area contributed by atoms with Gasteiger partial charge in [-0.2, -0.15) is 4.31 Å². The molecular weight excluding hydrogens is 264 g/mol. The van der Waals surface area contributed by atoms with Crippen LogP contribution in [-0.2, 0) is 10.0 Å². The molecule has 0 bridgehead atoms. The standard InChI is InChI=1S/C13H28N2O3S/c1-12(2)5-10-19(17,18)15-8-6-14(7-9-15)11-13(3,4)16/h12,16H,5-11H2,1-4H3. The van der Waals surface area contributed by atoms with Crippen LogP contribution in [0.3, 0.4) is 0 Å². The monoisotopic (exact) mass is 292 g/mol. The van der Waals surface area contributed by atoms with Crippen LogP contribution in [0.4, 0.5) is 0 Å². The Hall–Kier alpha value is -0.170. The maximum absolute atomic E-state index is 12.1. The zero-order valence-electron chi connectivity index (χ0n) is 12.6. The summed E-state index contributed by atoms with van der Waals surface area (Å²) in [5, 5.41) is 9.77. The first-order chi connectivity index (χ1) is 8.60. The van der Waals surface area contributed by atoms with E-state index < -0.39 is 15.6 Å². The molecule has 0 unspecified atom stereocenters. The molecule has 1 heterocycles. The van der Waals surface area contributed by atoms with E-state index in [1.54, 1.807) is 18.2 Å². The Morgan fingerprint density at radius 2 is 1.68 bits per heavy atom. The minimum atomic E-state index is -3.10. The van der Waals surface area contributed by atoms with Crippen LogP contribution in [0.5, 0.6) is 0 Å². The van der Waals surface area contributed by atoms with E-state index in [9.17, 15) is 13.5 Å². The lowest BCUT2D eigenvalue weighted by Crippen LogP contribution is -2.52. The van der Waals surface area contributed by atoms with E-state index in [0.29, 0.717) is 45.1 Å². The van der Waals surface area contributed by atoms with Gasteiger partial charge in [-0.25, -0.2) is 8.42 Å². The SMILES string of the molecule is CC(C)CCS(=O)(=O)N1CCN(CC(C)(C)O)CC1. The van der Waals surface area contributed by atoms with Crippen molar-refractivity contribution < 1.29 is 13.5 Å². The molecule has 0 saturated carbocycles.